The Morgan fingerprint density at radius 1 is 1.36 bits per heavy atom. The van der Waals surface area contributed by atoms with Crippen LogP contribution in [0.4, 0.5) is 13.2 Å². The number of halogens is 3. The molecule has 0 bridgehead atoms. The van der Waals surface area contributed by atoms with Crippen LogP contribution in [0.15, 0.2) is 23.8 Å². The van der Waals surface area contributed by atoms with Crippen LogP contribution in [0.2, 0.25) is 0 Å². The molecule has 0 saturated carbocycles. The lowest BCUT2D eigenvalue weighted by Gasteiger charge is -2.10. The average molecular weight is 222 g/mol. The summed E-state index contributed by atoms with van der Waals surface area (Å²) in [6.45, 7) is 3.42. The van der Waals surface area contributed by atoms with E-state index < -0.39 is 11.7 Å². The molecule has 0 aliphatic carbocycles. The third kappa shape index (κ3) is 5.17. The predicted molar refractivity (Wildman–Crippen MR) is 56.5 cm³/mol. The standard InChI is InChI=1S/C10H13F3S/c1-3-5-8(10(11,12)13)7-9(14)6-4-2/h4,6-7H,3,5H2,1-2H3/b6-4-,8-7+. The summed E-state index contributed by atoms with van der Waals surface area (Å²) in [6, 6.07) is 0. The lowest BCUT2D eigenvalue weighted by atomic mass is 10.1. The van der Waals surface area contributed by atoms with E-state index in [-0.39, 0.29) is 11.3 Å². The summed E-state index contributed by atoms with van der Waals surface area (Å²) in [5.74, 6) is 0. The van der Waals surface area contributed by atoms with E-state index in [1.165, 1.54) is 6.08 Å². The molecule has 80 valence electrons. The van der Waals surface area contributed by atoms with Crippen LogP contribution < -0.4 is 0 Å². The minimum absolute atomic E-state index is 0.0151. The normalized spacial score (nSPS) is 13.6. The van der Waals surface area contributed by atoms with Crippen molar-refractivity contribution in [1.82, 2.24) is 0 Å². The minimum Gasteiger partial charge on any atom is -0.166 e. The highest BCUT2D eigenvalue weighted by Crippen LogP contribution is 2.29. The van der Waals surface area contributed by atoms with Gasteiger partial charge in [0.05, 0.1) is 0 Å². The summed E-state index contributed by atoms with van der Waals surface area (Å²) in [6.07, 6.45) is 0.348. The molecule has 0 rings (SSSR count). The fourth-order valence-corrected chi connectivity index (χ4v) is 1.23. The number of allylic oxidation sites excluding steroid dienone is 4. The Hall–Kier alpha value is -0.640. The maximum absolute atomic E-state index is 12.4. The summed E-state index contributed by atoms with van der Waals surface area (Å²) in [5.41, 5.74) is -0.553. The van der Waals surface area contributed by atoms with Crippen molar-refractivity contribution in [2.45, 2.75) is 32.9 Å². The van der Waals surface area contributed by atoms with Gasteiger partial charge in [-0.15, -0.1) is 0 Å². The first-order valence-corrected chi connectivity index (χ1v) is 4.77. The molecule has 4 heteroatoms. The molecule has 0 saturated heterocycles. The molecular formula is C10H13F3S. The van der Waals surface area contributed by atoms with Gasteiger partial charge in [-0.25, -0.2) is 0 Å². The van der Waals surface area contributed by atoms with E-state index in [1.54, 1.807) is 19.9 Å². The summed E-state index contributed by atoms with van der Waals surface area (Å²) < 4.78 is 37.1. The first-order valence-electron chi connectivity index (χ1n) is 4.36. The fourth-order valence-electron chi connectivity index (χ4n) is 0.949. The van der Waals surface area contributed by atoms with E-state index in [9.17, 15) is 13.2 Å². The molecule has 0 radical (unpaired) electrons. The zero-order chi connectivity index (χ0) is 11.2. The summed E-state index contributed by atoms with van der Waals surface area (Å²) in [4.78, 5) is 0.216. The van der Waals surface area contributed by atoms with Crippen molar-refractivity contribution in [2.75, 3.05) is 0 Å². The SMILES string of the molecule is C/C=C\C(=S)/C=C(\CCC)C(F)(F)F. The lowest BCUT2D eigenvalue weighted by molar-refractivity contribution is -0.0939. The van der Waals surface area contributed by atoms with Gasteiger partial charge >= 0.3 is 6.18 Å². The Balaban J connectivity index is 4.73. The predicted octanol–water partition coefficient (Wildman–Crippen LogP) is 4.22. The largest absolute Gasteiger partial charge is 0.412 e. The second kappa shape index (κ2) is 5.96. The molecule has 0 aromatic heterocycles. The van der Waals surface area contributed by atoms with Crippen LogP contribution in [0, 0.1) is 0 Å². The van der Waals surface area contributed by atoms with Gasteiger partial charge in [-0.05, 0) is 25.5 Å². The fraction of sp³-hybridized carbons (Fsp3) is 0.500. The maximum Gasteiger partial charge on any atom is 0.412 e. The van der Waals surface area contributed by atoms with Crippen LogP contribution in [-0.2, 0) is 0 Å². The number of rotatable bonds is 4. The number of thiocarbonyl (C=S) groups is 1. The molecular weight excluding hydrogens is 209 g/mol. The molecule has 0 nitrogen and oxygen atoms in total. The topological polar surface area (TPSA) is 0 Å². The van der Waals surface area contributed by atoms with E-state index >= 15 is 0 Å². The van der Waals surface area contributed by atoms with Crippen LogP contribution in [0.25, 0.3) is 0 Å². The van der Waals surface area contributed by atoms with Crippen molar-refractivity contribution in [1.29, 1.82) is 0 Å². The van der Waals surface area contributed by atoms with Crippen molar-refractivity contribution in [3.8, 4) is 0 Å². The Kier molecular flexibility index (Phi) is 5.69. The van der Waals surface area contributed by atoms with Crippen molar-refractivity contribution < 1.29 is 13.2 Å². The molecule has 0 heterocycles. The summed E-state index contributed by atoms with van der Waals surface area (Å²) in [5, 5.41) is 0. The molecule has 0 amide bonds. The number of alkyl halides is 3. The second-order valence-electron chi connectivity index (χ2n) is 2.82. The van der Waals surface area contributed by atoms with Gasteiger partial charge in [-0.1, -0.05) is 31.6 Å². The van der Waals surface area contributed by atoms with Gasteiger partial charge in [-0.3, -0.25) is 0 Å². The Morgan fingerprint density at radius 3 is 2.29 bits per heavy atom. The molecule has 0 unspecified atom stereocenters. The van der Waals surface area contributed by atoms with Gasteiger partial charge in [0.15, 0.2) is 0 Å². The van der Waals surface area contributed by atoms with Crippen LogP contribution in [-0.4, -0.2) is 11.0 Å². The maximum atomic E-state index is 12.4. The van der Waals surface area contributed by atoms with Gasteiger partial charge < -0.3 is 0 Å². The molecule has 14 heavy (non-hydrogen) atoms. The highest BCUT2D eigenvalue weighted by Gasteiger charge is 2.32. The van der Waals surface area contributed by atoms with Gasteiger partial charge in [0.2, 0.25) is 0 Å². The molecule has 0 N–H and O–H groups in total. The van der Waals surface area contributed by atoms with Crippen molar-refractivity contribution in [3.05, 3.63) is 23.8 Å². The number of hydrogen-bond donors (Lipinski definition) is 0. The number of hydrogen-bond acceptors (Lipinski definition) is 1. The van der Waals surface area contributed by atoms with Crippen LogP contribution in [0.3, 0.4) is 0 Å². The highest BCUT2D eigenvalue weighted by molar-refractivity contribution is 7.81. The molecule has 0 fully saturated rings. The first kappa shape index (κ1) is 13.4. The zero-order valence-corrected chi connectivity index (χ0v) is 9.00. The van der Waals surface area contributed by atoms with Gasteiger partial charge in [0.1, 0.15) is 0 Å². The molecule has 0 spiro atoms. The van der Waals surface area contributed by atoms with E-state index in [0.717, 1.165) is 6.08 Å². The summed E-state index contributed by atoms with van der Waals surface area (Å²) in [7, 11) is 0. The van der Waals surface area contributed by atoms with Gasteiger partial charge in [-0.2, -0.15) is 13.2 Å². The average Bonchev–Trinajstić information content (AvgIpc) is 2.02. The van der Waals surface area contributed by atoms with Crippen molar-refractivity contribution in [2.24, 2.45) is 0 Å². The van der Waals surface area contributed by atoms with E-state index in [2.05, 4.69) is 0 Å². The Labute approximate surface area is 87.5 Å². The molecule has 0 aliphatic rings. The summed E-state index contributed by atoms with van der Waals surface area (Å²) >= 11 is 4.75. The molecule has 0 aromatic rings. The highest BCUT2D eigenvalue weighted by atomic mass is 32.1. The molecule has 0 aliphatic heterocycles. The third-order valence-corrected chi connectivity index (χ3v) is 1.78. The minimum atomic E-state index is -4.26. The smallest absolute Gasteiger partial charge is 0.166 e. The quantitative estimate of drug-likeness (QED) is 0.507. The lowest BCUT2D eigenvalue weighted by Crippen LogP contribution is -2.12. The zero-order valence-electron chi connectivity index (χ0n) is 8.19. The Morgan fingerprint density at radius 2 is 1.93 bits per heavy atom. The van der Waals surface area contributed by atoms with Crippen molar-refractivity contribution in [3.63, 3.8) is 0 Å². The third-order valence-electron chi connectivity index (χ3n) is 1.53. The Bertz CT molecular complexity index is 249. The van der Waals surface area contributed by atoms with Crippen molar-refractivity contribution >= 4 is 17.1 Å². The first-order chi connectivity index (χ1) is 6.41. The van der Waals surface area contributed by atoms with E-state index in [0.29, 0.717) is 6.42 Å². The monoisotopic (exact) mass is 222 g/mol. The molecule has 0 atom stereocenters. The molecule has 0 aromatic carbocycles. The van der Waals surface area contributed by atoms with Crippen LogP contribution >= 0.6 is 12.2 Å². The van der Waals surface area contributed by atoms with Gasteiger partial charge in [0, 0.05) is 10.4 Å². The van der Waals surface area contributed by atoms with Gasteiger partial charge in [0.25, 0.3) is 0 Å². The van der Waals surface area contributed by atoms with Crippen LogP contribution in [0.1, 0.15) is 26.7 Å². The van der Waals surface area contributed by atoms with Crippen LogP contribution in [0.5, 0.6) is 0 Å². The second-order valence-corrected chi connectivity index (χ2v) is 3.29. The van der Waals surface area contributed by atoms with E-state index in [1.807, 2.05) is 0 Å². The van der Waals surface area contributed by atoms with E-state index in [4.69, 9.17) is 12.2 Å².